The first-order valence-electron chi connectivity index (χ1n) is 5.58. The van der Waals surface area contributed by atoms with Crippen LogP contribution in [0.3, 0.4) is 0 Å². The molecule has 0 nitrogen and oxygen atoms in total. The molecular weight excluding hydrogens is 216 g/mol. The summed E-state index contributed by atoms with van der Waals surface area (Å²) in [4.78, 5) is -0.495. The highest BCUT2D eigenvalue weighted by atomic mass is 35.5. The second-order valence-electron chi connectivity index (χ2n) is 3.97. The van der Waals surface area contributed by atoms with E-state index in [0.29, 0.717) is 0 Å². The molecule has 0 radical (unpaired) electrons. The fourth-order valence-corrected chi connectivity index (χ4v) is 2.18. The Morgan fingerprint density at radius 2 is 1.44 bits per heavy atom. The summed E-state index contributed by atoms with van der Waals surface area (Å²) in [5, 5.41) is 0. The quantitative estimate of drug-likeness (QED) is 0.507. The first-order chi connectivity index (χ1) is 7.57. The van der Waals surface area contributed by atoms with Crippen molar-refractivity contribution in [3.63, 3.8) is 0 Å². The van der Waals surface area contributed by atoms with E-state index in [1.54, 1.807) is 0 Å². The lowest BCUT2D eigenvalue weighted by atomic mass is 9.84. The fraction of sp³-hybridized carbons (Fsp3) is 0.333. The van der Waals surface area contributed by atoms with Crippen molar-refractivity contribution in [2.24, 2.45) is 0 Å². The Bertz CT molecular complexity index is 381. The van der Waals surface area contributed by atoms with E-state index >= 15 is 0 Å². The van der Waals surface area contributed by atoms with Crippen molar-refractivity contribution in [3.8, 4) is 0 Å². The molecule has 0 N–H and O–H groups in total. The van der Waals surface area contributed by atoms with Crippen LogP contribution in [-0.4, -0.2) is 0 Å². The number of halogens is 1. The Morgan fingerprint density at radius 1 is 1.00 bits per heavy atom. The number of benzene rings is 1. The molecule has 0 aliphatic carbocycles. The number of hydrogen-bond acceptors (Lipinski definition) is 0. The van der Waals surface area contributed by atoms with Gasteiger partial charge in [0.1, 0.15) is 4.87 Å². The van der Waals surface area contributed by atoms with E-state index in [2.05, 4.69) is 38.1 Å². The minimum atomic E-state index is -0.495. The molecular formula is C15H19Cl. The molecule has 0 bridgehead atoms. The zero-order chi connectivity index (χ0) is 12.2. The summed E-state index contributed by atoms with van der Waals surface area (Å²) in [5.41, 5.74) is 3.45. The molecule has 0 heterocycles. The van der Waals surface area contributed by atoms with Gasteiger partial charge >= 0.3 is 0 Å². The van der Waals surface area contributed by atoms with Gasteiger partial charge < -0.3 is 0 Å². The Kier molecular flexibility index (Phi) is 4.37. The van der Waals surface area contributed by atoms with Crippen molar-refractivity contribution < 1.29 is 0 Å². The van der Waals surface area contributed by atoms with Gasteiger partial charge in [-0.25, -0.2) is 0 Å². The van der Waals surface area contributed by atoms with Crippen LogP contribution < -0.4 is 0 Å². The molecule has 0 fully saturated rings. The first kappa shape index (κ1) is 13.1. The van der Waals surface area contributed by atoms with E-state index in [-0.39, 0.29) is 0 Å². The van der Waals surface area contributed by atoms with Crippen molar-refractivity contribution in [1.82, 2.24) is 0 Å². The summed E-state index contributed by atoms with van der Waals surface area (Å²) in [6.07, 6.45) is 4.15. The van der Waals surface area contributed by atoms with Crippen LogP contribution >= 0.6 is 11.6 Å². The number of rotatable bonds is 3. The predicted octanol–water partition coefficient (Wildman–Crippen LogP) is 5.05. The highest BCUT2D eigenvalue weighted by Crippen LogP contribution is 2.42. The zero-order valence-corrected chi connectivity index (χ0v) is 11.2. The standard InChI is InChI=1S/C15H19Cl/c1-5-12(3)15(16,13(4)6-2)14-10-8-7-9-11-14/h5-11H,1-4H3/b12-5-,13-6-. The van der Waals surface area contributed by atoms with Crippen LogP contribution in [0.4, 0.5) is 0 Å². The lowest BCUT2D eigenvalue weighted by molar-refractivity contribution is 0.822. The molecule has 0 atom stereocenters. The maximum atomic E-state index is 6.83. The lowest BCUT2D eigenvalue weighted by Crippen LogP contribution is -2.21. The van der Waals surface area contributed by atoms with Gasteiger partial charge in [-0.15, -0.1) is 11.6 Å². The second-order valence-corrected chi connectivity index (χ2v) is 4.53. The zero-order valence-electron chi connectivity index (χ0n) is 10.4. The maximum absolute atomic E-state index is 6.83. The predicted molar refractivity (Wildman–Crippen MR) is 72.8 cm³/mol. The molecule has 1 aromatic rings. The minimum Gasteiger partial charge on any atom is -0.104 e. The average molecular weight is 235 g/mol. The van der Waals surface area contributed by atoms with Crippen molar-refractivity contribution >= 4 is 11.6 Å². The van der Waals surface area contributed by atoms with E-state index in [0.717, 1.165) is 16.7 Å². The van der Waals surface area contributed by atoms with Gasteiger partial charge in [-0.3, -0.25) is 0 Å². The fourth-order valence-electron chi connectivity index (χ4n) is 1.83. The molecule has 0 saturated heterocycles. The third-order valence-electron chi connectivity index (χ3n) is 3.12. The Hall–Kier alpha value is -1.01. The molecule has 0 aliphatic rings. The van der Waals surface area contributed by atoms with Crippen LogP contribution in [0.25, 0.3) is 0 Å². The third kappa shape index (κ3) is 2.22. The minimum absolute atomic E-state index is 0.495. The molecule has 1 heteroatoms. The number of hydrogen-bond donors (Lipinski definition) is 0. The van der Waals surface area contributed by atoms with Gasteiger partial charge in [0.15, 0.2) is 0 Å². The van der Waals surface area contributed by atoms with Gasteiger partial charge in [0.2, 0.25) is 0 Å². The number of allylic oxidation sites excluding steroid dienone is 4. The van der Waals surface area contributed by atoms with Crippen LogP contribution in [-0.2, 0) is 4.87 Å². The molecule has 0 aromatic heterocycles. The van der Waals surface area contributed by atoms with E-state index < -0.39 is 4.87 Å². The van der Waals surface area contributed by atoms with Crippen LogP contribution in [0.15, 0.2) is 53.6 Å². The molecule has 0 amide bonds. The average Bonchev–Trinajstić information content (AvgIpc) is 2.36. The highest BCUT2D eigenvalue weighted by molar-refractivity contribution is 6.27. The summed E-state index contributed by atoms with van der Waals surface area (Å²) in [7, 11) is 0. The van der Waals surface area contributed by atoms with E-state index in [1.165, 1.54) is 0 Å². The highest BCUT2D eigenvalue weighted by Gasteiger charge is 2.32. The molecule has 1 aromatic carbocycles. The first-order valence-corrected chi connectivity index (χ1v) is 5.96. The SMILES string of the molecule is C/C=C(/C)C(Cl)(/C(C)=C\C)c1ccccc1. The molecule has 16 heavy (non-hydrogen) atoms. The summed E-state index contributed by atoms with van der Waals surface area (Å²) in [5.74, 6) is 0. The van der Waals surface area contributed by atoms with Crippen LogP contribution in [0, 0.1) is 0 Å². The van der Waals surface area contributed by atoms with Gasteiger partial charge in [-0.05, 0) is 44.4 Å². The van der Waals surface area contributed by atoms with Crippen LogP contribution in [0.2, 0.25) is 0 Å². The van der Waals surface area contributed by atoms with E-state index in [1.807, 2.05) is 32.0 Å². The van der Waals surface area contributed by atoms with E-state index in [4.69, 9.17) is 11.6 Å². The van der Waals surface area contributed by atoms with Gasteiger partial charge in [-0.2, -0.15) is 0 Å². The topological polar surface area (TPSA) is 0 Å². The smallest absolute Gasteiger partial charge is 0.104 e. The molecule has 0 aliphatic heterocycles. The van der Waals surface area contributed by atoms with Crippen molar-refractivity contribution in [1.29, 1.82) is 0 Å². The Labute approximate surface area is 104 Å². The van der Waals surface area contributed by atoms with Crippen molar-refractivity contribution in [3.05, 3.63) is 59.2 Å². The summed E-state index contributed by atoms with van der Waals surface area (Å²) >= 11 is 6.83. The molecule has 0 spiro atoms. The van der Waals surface area contributed by atoms with Gasteiger partial charge in [0.25, 0.3) is 0 Å². The lowest BCUT2D eigenvalue weighted by Gasteiger charge is -2.30. The van der Waals surface area contributed by atoms with Crippen LogP contribution in [0.1, 0.15) is 33.3 Å². The third-order valence-corrected chi connectivity index (χ3v) is 3.94. The largest absolute Gasteiger partial charge is 0.111 e. The van der Waals surface area contributed by atoms with Crippen LogP contribution in [0.5, 0.6) is 0 Å². The maximum Gasteiger partial charge on any atom is 0.111 e. The summed E-state index contributed by atoms with van der Waals surface area (Å²) in [6.45, 7) is 8.21. The number of alkyl halides is 1. The normalized spacial score (nSPS) is 17.1. The second kappa shape index (κ2) is 5.36. The Balaban J connectivity index is 3.38. The molecule has 1 rings (SSSR count). The van der Waals surface area contributed by atoms with Gasteiger partial charge in [0.05, 0.1) is 0 Å². The molecule has 86 valence electrons. The van der Waals surface area contributed by atoms with Crippen molar-refractivity contribution in [2.75, 3.05) is 0 Å². The summed E-state index contributed by atoms with van der Waals surface area (Å²) < 4.78 is 0. The summed E-state index contributed by atoms with van der Waals surface area (Å²) in [6, 6.07) is 10.2. The molecule has 0 saturated carbocycles. The monoisotopic (exact) mass is 234 g/mol. The Morgan fingerprint density at radius 3 is 1.81 bits per heavy atom. The van der Waals surface area contributed by atoms with Gasteiger partial charge in [-0.1, -0.05) is 42.5 Å². The molecule has 0 unspecified atom stereocenters. The van der Waals surface area contributed by atoms with Gasteiger partial charge in [0, 0.05) is 0 Å². The van der Waals surface area contributed by atoms with Crippen molar-refractivity contribution in [2.45, 2.75) is 32.6 Å². The van der Waals surface area contributed by atoms with E-state index in [9.17, 15) is 0 Å².